The molecule has 0 saturated carbocycles. The molecule has 0 spiro atoms. The van der Waals surface area contributed by atoms with Gasteiger partial charge in [-0.05, 0) is 0 Å². The number of hydrogen-bond acceptors (Lipinski definition) is 1. The van der Waals surface area contributed by atoms with E-state index < -0.39 is 2.14 Å². The molecule has 2 nitrogen and oxygen atoms in total. The number of halogens is 3. The third-order valence-corrected chi connectivity index (χ3v) is 3.48. The zero-order valence-electron chi connectivity index (χ0n) is 8.85. The predicted octanol–water partition coefficient (Wildman–Crippen LogP) is 3.71. The molecule has 2 aromatic rings. The van der Waals surface area contributed by atoms with Gasteiger partial charge in [-0.2, -0.15) is 4.57 Å². The fourth-order valence-corrected chi connectivity index (χ4v) is 2.09. The Morgan fingerprint density at radius 1 is 1.12 bits per heavy atom. The Bertz CT molecular complexity index is 495. The van der Waals surface area contributed by atoms with E-state index in [-0.39, 0.29) is 0 Å². The summed E-state index contributed by atoms with van der Waals surface area (Å²) in [5.41, 5.74) is 2.13. The first kappa shape index (κ1) is 13.2. The van der Waals surface area contributed by atoms with Crippen LogP contribution in [0.5, 0.6) is 0 Å². The van der Waals surface area contributed by atoms with E-state index in [1.54, 1.807) is 6.20 Å². The van der Waals surface area contributed by atoms with Gasteiger partial charge in [0.2, 0.25) is 0 Å². The number of benzene rings is 1. The van der Waals surface area contributed by atoms with Crippen LogP contribution in [0, 0.1) is 0 Å². The molecule has 0 aliphatic carbocycles. The lowest BCUT2D eigenvalue weighted by atomic mass is 10.2. The Kier molecular flexibility index (Phi) is 4.33. The van der Waals surface area contributed by atoms with Crippen LogP contribution >= 0.6 is 47.8 Å². The van der Waals surface area contributed by atoms with E-state index in [1.165, 1.54) is 5.56 Å². The molecule has 0 aliphatic rings. The van der Waals surface area contributed by atoms with Crippen LogP contribution in [0.25, 0.3) is 0 Å². The van der Waals surface area contributed by atoms with Gasteiger partial charge in [0.25, 0.3) is 0 Å². The highest BCUT2D eigenvalue weighted by Crippen LogP contribution is 2.42. The first-order valence-electron chi connectivity index (χ1n) is 5.02. The van der Waals surface area contributed by atoms with Gasteiger partial charge in [-0.1, -0.05) is 78.1 Å². The number of aromatic nitrogens is 2. The van der Waals surface area contributed by atoms with E-state index in [9.17, 15) is 0 Å². The minimum Gasteiger partial charge on any atom is -0.245 e. The molecule has 1 heterocycles. The molecule has 1 aromatic carbocycles. The first-order valence-corrected chi connectivity index (χ1v) is 7.40. The summed E-state index contributed by atoms with van der Waals surface area (Å²) < 4.78 is 1.63. The monoisotopic (exact) mass is 419 g/mol. The summed E-state index contributed by atoms with van der Waals surface area (Å²) in [6, 6.07) is 10.3. The Balaban J connectivity index is 2.23. The van der Waals surface area contributed by atoms with Crippen LogP contribution in [0.15, 0.2) is 48.9 Å². The smallest absolute Gasteiger partial charge is 0.194 e. The van der Waals surface area contributed by atoms with Crippen LogP contribution in [0.3, 0.4) is 0 Å². The molecular weight excluding hydrogens is 412 g/mol. The van der Waals surface area contributed by atoms with Crippen molar-refractivity contribution in [3.05, 3.63) is 60.2 Å². The summed E-state index contributed by atoms with van der Waals surface area (Å²) in [6.45, 7) is 0.833. The molecule has 1 aromatic heterocycles. The molecule has 0 N–H and O–H groups in total. The lowest BCUT2D eigenvalue weighted by Gasteiger charge is -2.09. The van der Waals surface area contributed by atoms with Crippen molar-refractivity contribution in [1.82, 2.24) is 4.98 Å². The average Bonchev–Trinajstić information content (AvgIpc) is 2.29. The van der Waals surface area contributed by atoms with Crippen molar-refractivity contribution < 1.29 is 4.57 Å². The van der Waals surface area contributed by atoms with E-state index in [2.05, 4.69) is 69.5 Å². The summed E-state index contributed by atoms with van der Waals surface area (Å²) in [6.07, 6.45) is 5.73. The van der Waals surface area contributed by atoms with Crippen molar-refractivity contribution in [1.29, 1.82) is 0 Å². The third-order valence-electron chi connectivity index (χ3n) is 2.26. The minimum absolute atomic E-state index is 0.466. The van der Waals surface area contributed by atoms with Gasteiger partial charge in [-0.25, -0.2) is 4.98 Å². The SMILES string of the molecule is BrC(Br)(Br)c1c[n+](Cc2ccccc2)ccn1. The number of hydrogen-bond donors (Lipinski definition) is 0. The quantitative estimate of drug-likeness (QED) is 0.533. The van der Waals surface area contributed by atoms with Crippen molar-refractivity contribution in [2.24, 2.45) is 0 Å². The van der Waals surface area contributed by atoms with Crippen molar-refractivity contribution in [2.75, 3.05) is 0 Å². The van der Waals surface area contributed by atoms with E-state index in [0.717, 1.165) is 12.2 Å². The molecule has 0 atom stereocenters. The fourth-order valence-electron chi connectivity index (χ4n) is 1.47. The predicted molar refractivity (Wildman–Crippen MR) is 78.4 cm³/mol. The standard InChI is InChI=1S/C12H10Br3N2/c13-12(14,15)11-9-17(7-6-16-11)8-10-4-2-1-3-5-10/h1-7,9H,8H2/q+1. The highest BCUT2D eigenvalue weighted by molar-refractivity contribution is 9.38. The largest absolute Gasteiger partial charge is 0.245 e. The Hall–Kier alpha value is -0.260. The summed E-state index contributed by atoms with van der Waals surface area (Å²) in [5.74, 6) is 0. The zero-order chi connectivity index (χ0) is 12.3. The van der Waals surface area contributed by atoms with Crippen LogP contribution in [-0.4, -0.2) is 4.98 Å². The van der Waals surface area contributed by atoms with Gasteiger partial charge in [0.05, 0.1) is 6.20 Å². The number of rotatable bonds is 2. The molecular formula is C12H10Br3N2+. The molecule has 0 unspecified atom stereocenters. The van der Waals surface area contributed by atoms with E-state index in [1.807, 2.05) is 30.6 Å². The Morgan fingerprint density at radius 2 is 1.82 bits per heavy atom. The number of nitrogens with zero attached hydrogens (tertiary/aromatic N) is 2. The van der Waals surface area contributed by atoms with Gasteiger partial charge >= 0.3 is 0 Å². The molecule has 0 saturated heterocycles. The topological polar surface area (TPSA) is 16.8 Å². The maximum atomic E-state index is 4.29. The van der Waals surface area contributed by atoms with Crippen LogP contribution in [-0.2, 0) is 8.69 Å². The van der Waals surface area contributed by atoms with Gasteiger partial charge in [-0.3, -0.25) is 0 Å². The van der Waals surface area contributed by atoms with Crippen LogP contribution in [0.2, 0.25) is 0 Å². The van der Waals surface area contributed by atoms with Gasteiger partial charge in [0, 0.05) is 5.56 Å². The molecule has 0 aliphatic heterocycles. The van der Waals surface area contributed by atoms with Gasteiger partial charge in [-0.15, -0.1) is 0 Å². The lowest BCUT2D eigenvalue weighted by Crippen LogP contribution is -2.35. The highest BCUT2D eigenvalue weighted by atomic mass is 80.0. The summed E-state index contributed by atoms with van der Waals surface area (Å²) in [4.78, 5) is 4.29. The zero-order valence-corrected chi connectivity index (χ0v) is 13.6. The van der Waals surface area contributed by atoms with Crippen molar-refractivity contribution in [2.45, 2.75) is 8.69 Å². The molecule has 2 rings (SSSR count). The second-order valence-electron chi connectivity index (χ2n) is 3.60. The Morgan fingerprint density at radius 3 is 2.47 bits per heavy atom. The average molecular weight is 422 g/mol. The lowest BCUT2D eigenvalue weighted by molar-refractivity contribution is -0.689. The normalized spacial score (nSPS) is 11.5. The molecule has 0 amide bonds. The highest BCUT2D eigenvalue weighted by Gasteiger charge is 2.25. The maximum absolute atomic E-state index is 4.29. The minimum atomic E-state index is -0.466. The molecule has 0 bridgehead atoms. The van der Waals surface area contributed by atoms with Gasteiger partial charge in [0.15, 0.2) is 21.1 Å². The first-order chi connectivity index (χ1) is 8.05. The Labute approximate surface area is 125 Å². The van der Waals surface area contributed by atoms with E-state index in [0.29, 0.717) is 0 Å². The van der Waals surface area contributed by atoms with Crippen molar-refractivity contribution in [3.63, 3.8) is 0 Å². The van der Waals surface area contributed by atoms with Gasteiger partial charge < -0.3 is 0 Å². The molecule has 17 heavy (non-hydrogen) atoms. The fraction of sp³-hybridized carbons (Fsp3) is 0.167. The van der Waals surface area contributed by atoms with Crippen LogP contribution in [0.1, 0.15) is 11.3 Å². The third kappa shape index (κ3) is 3.86. The van der Waals surface area contributed by atoms with E-state index >= 15 is 0 Å². The maximum Gasteiger partial charge on any atom is 0.194 e. The molecule has 0 radical (unpaired) electrons. The second-order valence-corrected chi connectivity index (χ2v) is 10.4. The van der Waals surface area contributed by atoms with Crippen molar-refractivity contribution in [3.8, 4) is 0 Å². The van der Waals surface area contributed by atoms with Crippen LogP contribution in [0.4, 0.5) is 0 Å². The second kappa shape index (κ2) is 5.59. The van der Waals surface area contributed by atoms with Gasteiger partial charge in [0.1, 0.15) is 5.69 Å². The summed E-state index contributed by atoms with van der Waals surface area (Å²) in [7, 11) is 0. The number of alkyl halides is 3. The molecule has 0 fully saturated rings. The van der Waals surface area contributed by atoms with Crippen molar-refractivity contribution >= 4 is 47.8 Å². The van der Waals surface area contributed by atoms with E-state index in [4.69, 9.17) is 0 Å². The molecule has 5 heteroatoms. The summed E-state index contributed by atoms with van der Waals surface area (Å²) >= 11 is 10.4. The molecule has 88 valence electrons. The summed E-state index contributed by atoms with van der Waals surface area (Å²) in [5, 5.41) is 0. The van der Waals surface area contributed by atoms with Crippen LogP contribution < -0.4 is 4.57 Å².